The molecule has 0 aliphatic carbocycles. The molecule has 1 aromatic carbocycles. The Morgan fingerprint density at radius 1 is 1.36 bits per heavy atom. The number of hydrogen-bond donors (Lipinski definition) is 1. The van der Waals surface area contributed by atoms with Gasteiger partial charge in [0.1, 0.15) is 0 Å². The van der Waals surface area contributed by atoms with Gasteiger partial charge in [-0.25, -0.2) is 8.42 Å². The molecule has 1 aliphatic heterocycles. The maximum Gasteiger partial charge on any atom is 0.277 e. The summed E-state index contributed by atoms with van der Waals surface area (Å²) in [5.74, 6) is 0.668. The highest BCUT2D eigenvalue weighted by Gasteiger charge is 2.29. The van der Waals surface area contributed by atoms with Crippen molar-refractivity contribution >= 4 is 44.8 Å². The van der Waals surface area contributed by atoms with E-state index in [2.05, 4.69) is 15.5 Å². The molecule has 25 heavy (non-hydrogen) atoms. The molecule has 10 heteroatoms. The van der Waals surface area contributed by atoms with Gasteiger partial charge in [-0.3, -0.25) is 4.79 Å². The molecule has 0 unspecified atom stereocenters. The van der Waals surface area contributed by atoms with Crippen LogP contribution in [0.2, 0.25) is 5.02 Å². The lowest BCUT2D eigenvalue weighted by Crippen LogP contribution is -2.14. The molecule has 1 saturated heterocycles. The third-order valence-corrected chi connectivity index (χ3v) is 6.70. The summed E-state index contributed by atoms with van der Waals surface area (Å²) in [7, 11) is -2.92. The molecule has 1 atom stereocenters. The van der Waals surface area contributed by atoms with Crippen molar-refractivity contribution in [3.8, 4) is 0 Å². The molecule has 0 radical (unpaired) electrons. The average molecular weight is 402 g/mol. The number of rotatable bonds is 6. The zero-order valence-corrected chi connectivity index (χ0v) is 15.5. The maximum atomic E-state index is 11.9. The first kappa shape index (κ1) is 18.2. The van der Waals surface area contributed by atoms with Crippen molar-refractivity contribution in [1.82, 2.24) is 10.2 Å². The number of nitrogens with zero attached hydrogens (tertiary/aromatic N) is 2. The highest BCUT2D eigenvalue weighted by Crippen LogP contribution is 2.24. The van der Waals surface area contributed by atoms with Crippen LogP contribution in [0.5, 0.6) is 0 Å². The number of amides is 1. The van der Waals surface area contributed by atoms with Crippen LogP contribution in [0.25, 0.3) is 0 Å². The molecular formula is C15H16ClN3O4S2. The quantitative estimate of drug-likeness (QED) is 0.741. The summed E-state index contributed by atoms with van der Waals surface area (Å²) < 4.78 is 28.4. The Hall–Kier alpha value is -1.58. The van der Waals surface area contributed by atoms with Crippen LogP contribution in [-0.2, 0) is 21.1 Å². The Bertz CT molecular complexity index is 869. The molecular weight excluding hydrogens is 386 g/mol. The normalized spacial score (nSPS) is 19.0. The summed E-state index contributed by atoms with van der Waals surface area (Å²) in [5.41, 5.74) is 0.545. The van der Waals surface area contributed by atoms with E-state index in [9.17, 15) is 13.2 Å². The first-order chi connectivity index (χ1) is 11.9. The van der Waals surface area contributed by atoms with Gasteiger partial charge in [0.15, 0.2) is 9.84 Å². The zero-order valence-electron chi connectivity index (χ0n) is 13.1. The minimum Gasteiger partial charge on any atom is -0.416 e. The van der Waals surface area contributed by atoms with E-state index >= 15 is 0 Å². The number of para-hydroxylation sites is 1. The van der Waals surface area contributed by atoms with Crippen molar-refractivity contribution in [1.29, 1.82) is 0 Å². The smallest absolute Gasteiger partial charge is 0.277 e. The van der Waals surface area contributed by atoms with Gasteiger partial charge in [0.2, 0.25) is 11.8 Å². The minimum atomic E-state index is -2.92. The summed E-state index contributed by atoms with van der Waals surface area (Å²) in [5, 5.41) is 11.3. The molecule has 1 aliphatic rings. The Labute approximate surface area is 154 Å². The van der Waals surface area contributed by atoms with E-state index in [1.54, 1.807) is 24.3 Å². The molecule has 3 rings (SSSR count). The van der Waals surface area contributed by atoms with E-state index in [0.717, 1.165) is 11.8 Å². The second kappa shape index (κ2) is 7.76. The molecule has 1 N–H and O–H groups in total. The van der Waals surface area contributed by atoms with E-state index in [1.165, 1.54) is 0 Å². The van der Waals surface area contributed by atoms with Crippen LogP contribution in [0.1, 0.15) is 12.3 Å². The van der Waals surface area contributed by atoms with Crippen LogP contribution in [0.3, 0.4) is 0 Å². The largest absolute Gasteiger partial charge is 0.416 e. The van der Waals surface area contributed by atoms with Crippen molar-refractivity contribution in [2.24, 2.45) is 5.92 Å². The third-order valence-electron chi connectivity index (χ3n) is 3.71. The molecule has 0 saturated carbocycles. The van der Waals surface area contributed by atoms with Gasteiger partial charge >= 0.3 is 0 Å². The molecule has 2 aromatic rings. The fraction of sp³-hybridized carbons (Fsp3) is 0.400. The lowest BCUT2D eigenvalue weighted by atomic mass is 10.1. The molecule has 1 fully saturated rings. The Kier molecular flexibility index (Phi) is 5.65. The van der Waals surface area contributed by atoms with Gasteiger partial charge in [0.05, 0.1) is 28.0 Å². The van der Waals surface area contributed by atoms with Gasteiger partial charge in [-0.15, -0.1) is 10.2 Å². The maximum absolute atomic E-state index is 11.9. The number of hydrogen-bond acceptors (Lipinski definition) is 7. The summed E-state index contributed by atoms with van der Waals surface area (Å²) in [6.07, 6.45) is 1.06. The molecule has 1 aromatic heterocycles. The number of aromatic nitrogens is 2. The van der Waals surface area contributed by atoms with Crippen molar-refractivity contribution in [2.45, 2.75) is 18.1 Å². The fourth-order valence-electron chi connectivity index (χ4n) is 2.54. The monoisotopic (exact) mass is 401 g/mol. The molecule has 0 spiro atoms. The number of sulfone groups is 1. The van der Waals surface area contributed by atoms with E-state index in [-0.39, 0.29) is 34.3 Å². The number of benzene rings is 1. The predicted octanol–water partition coefficient (Wildman–Crippen LogP) is 2.43. The van der Waals surface area contributed by atoms with Crippen LogP contribution in [0, 0.1) is 5.92 Å². The van der Waals surface area contributed by atoms with Crippen molar-refractivity contribution < 1.29 is 17.6 Å². The van der Waals surface area contributed by atoms with E-state index in [0.29, 0.717) is 29.4 Å². The van der Waals surface area contributed by atoms with E-state index < -0.39 is 9.84 Å². The molecule has 7 nitrogen and oxygen atoms in total. The second-order valence-corrected chi connectivity index (χ2v) is 9.31. The first-order valence-corrected chi connectivity index (χ1v) is 10.8. The van der Waals surface area contributed by atoms with Crippen LogP contribution in [0.4, 0.5) is 5.69 Å². The summed E-state index contributed by atoms with van der Waals surface area (Å²) in [6, 6.07) is 6.97. The van der Waals surface area contributed by atoms with Gasteiger partial charge < -0.3 is 9.73 Å². The minimum absolute atomic E-state index is 0.0202. The number of carbonyl (C=O) groups is 1. The third kappa shape index (κ3) is 5.20. The lowest BCUT2D eigenvalue weighted by Gasteiger charge is -2.05. The van der Waals surface area contributed by atoms with Gasteiger partial charge in [-0.1, -0.05) is 35.5 Å². The average Bonchev–Trinajstić information content (AvgIpc) is 3.14. The van der Waals surface area contributed by atoms with Gasteiger partial charge in [0, 0.05) is 6.42 Å². The van der Waals surface area contributed by atoms with E-state index in [4.69, 9.17) is 16.0 Å². The first-order valence-electron chi connectivity index (χ1n) is 7.61. The molecule has 2 heterocycles. The summed E-state index contributed by atoms with van der Waals surface area (Å²) in [6.45, 7) is 0. The molecule has 0 bridgehead atoms. The Morgan fingerprint density at radius 3 is 2.88 bits per heavy atom. The highest BCUT2D eigenvalue weighted by molar-refractivity contribution is 7.99. The number of nitrogens with one attached hydrogen (secondary N) is 1. The standard InChI is InChI=1S/C15H16ClN3O4S2/c16-11-3-1-2-4-12(11)17-13(20)8-24-15-19-18-14(23-15)7-10-5-6-25(21,22)9-10/h1-4,10H,5-9H2,(H,17,20)/t10-/m1/s1. The number of carbonyl (C=O) groups excluding carboxylic acids is 1. The van der Waals surface area contributed by atoms with Crippen LogP contribution >= 0.6 is 23.4 Å². The zero-order chi connectivity index (χ0) is 17.9. The van der Waals surface area contributed by atoms with E-state index in [1.807, 2.05) is 0 Å². The number of anilines is 1. The highest BCUT2D eigenvalue weighted by atomic mass is 35.5. The SMILES string of the molecule is O=C(CSc1nnc(C[C@H]2CCS(=O)(=O)C2)o1)Nc1ccccc1Cl. The lowest BCUT2D eigenvalue weighted by molar-refractivity contribution is -0.113. The Balaban J connectivity index is 1.48. The van der Waals surface area contributed by atoms with Gasteiger partial charge in [-0.05, 0) is 24.5 Å². The molecule has 1 amide bonds. The van der Waals surface area contributed by atoms with Gasteiger partial charge in [-0.2, -0.15) is 0 Å². The van der Waals surface area contributed by atoms with Crippen molar-refractivity contribution in [3.05, 3.63) is 35.2 Å². The Morgan fingerprint density at radius 2 is 2.16 bits per heavy atom. The summed E-state index contributed by atoms with van der Waals surface area (Å²) >= 11 is 7.10. The topological polar surface area (TPSA) is 102 Å². The van der Waals surface area contributed by atoms with Crippen LogP contribution in [0.15, 0.2) is 33.9 Å². The van der Waals surface area contributed by atoms with Crippen molar-refractivity contribution in [2.75, 3.05) is 22.6 Å². The molecule has 134 valence electrons. The van der Waals surface area contributed by atoms with Crippen molar-refractivity contribution in [3.63, 3.8) is 0 Å². The van der Waals surface area contributed by atoms with Gasteiger partial charge in [0.25, 0.3) is 5.22 Å². The number of halogens is 1. The van der Waals surface area contributed by atoms with Crippen LogP contribution < -0.4 is 5.32 Å². The second-order valence-electron chi connectivity index (χ2n) is 5.75. The fourth-order valence-corrected chi connectivity index (χ4v) is 5.16. The number of thioether (sulfide) groups is 1. The predicted molar refractivity (Wildman–Crippen MR) is 95.6 cm³/mol. The van der Waals surface area contributed by atoms with Crippen LogP contribution in [-0.4, -0.2) is 41.8 Å². The summed E-state index contributed by atoms with van der Waals surface area (Å²) in [4.78, 5) is 11.9.